The minimum absolute atomic E-state index is 0.117. The van der Waals surface area contributed by atoms with Crippen molar-refractivity contribution in [3.63, 3.8) is 0 Å². The van der Waals surface area contributed by atoms with Gasteiger partial charge in [-0.25, -0.2) is 8.42 Å². The number of carbonyl (C=O) groups is 2. The Bertz CT molecular complexity index is 1150. The van der Waals surface area contributed by atoms with E-state index in [9.17, 15) is 18.0 Å². The van der Waals surface area contributed by atoms with Gasteiger partial charge in [0.15, 0.2) is 0 Å². The van der Waals surface area contributed by atoms with Crippen LogP contribution in [0.5, 0.6) is 0 Å². The summed E-state index contributed by atoms with van der Waals surface area (Å²) in [7, 11) is -3.79. The van der Waals surface area contributed by atoms with Crippen LogP contribution < -0.4 is 9.62 Å². The Morgan fingerprint density at radius 3 is 2.40 bits per heavy atom. The van der Waals surface area contributed by atoms with Crippen LogP contribution in [0.2, 0.25) is 5.02 Å². The molecule has 1 aliphatic carbocycles. The van der Waals surface area contributed by atoms with Gasteiger partial charge in [0.25, 0.3) is 0 Å². The predicted molar refractivity (Wildman–Crippen MR) is 140 cm³/mol. The number of hydrogen-bond donors (Lipinski definition) is 1. The monoisotopic (exact) mass is 519 g/mol. The van der Waals surface area contributed by atoms with E-state index in [4.69, 9.17) is 11.6 Å². The van der Waals surface area contributed by atoms with Crippen molar-refractivity contribution in [2.24, 2.45) is 0 Å². The van der Waals surface area contributed by atoms with E-state index < -0.39 is 28.5 Å². The van der Waals surface area contributed by atoms with Crippen LogP contribution in [0.4, 0.5) is 5.69 Å². The molecule has 0 heterocycles. The van der Waals surface area contributed by atoms with Crippen LogP contribution in [0.1, 0.15) is 50.2 Å². The van der Waals surface area contributed by atoms with Gasteiger partial charge in [-0.15, -0.1) is 0 Å². The minimum atomic E-state index is -3.79. The third-order valence-corrected chi connectivity index (χ3v) is 7.67. The van der Waals surface area contributed by atoms with Crippen LogP contribution in [-0.2, 0) is 26.2 Å². The first-order valence-corrected chi connectivity index (χ1v) is 14.2. The molecule has 1 aliphatic rings. The molecule has 1 atom stereocenters. The number of aryl methyl sites for hydroxylation is 1. The van der Waals surface area contributed by atoms with Crippen molar-refractivity contribution in [2.75, 3.05) is 17.1 Å². The number of carbonyl (C=O) groups excluding carboxylic acids is 2. The molecule has 9 heteroatoms. The number of amides is 2. The van der Waals surface area contributed by atoms with Crippen molar-refractivity contribution >= 4 is 39.1 Å². The van der Waals surface area contributed by atoms with Crippen LogP contribution in [0, 0.1) is 6.92 Å². The molecule has 0 radical (unpaired) electrons. The van der Waals surface area contributed by atoms with Gasteiger partial charge in [0, 0.05) is 17.6 Å². The molecule has 1 unspecified atom stereocenters. The molecule has 0 aromatic heterocycles. The standard InChI is InChI=1S/C26H34ClN3O4S/c1-4-24(26(32)28-22-12-5-6-13-22)29(17-20-10-7-9-19(2)15-20)25(31)18-30(35(3,33)34)23-14-8-11-21(27)16-23/h7-11,14-16,22,24H,4-6,12-13,17-18H2,1-3H3,(H,28,32). The number of hydrogen-bond acceptors (Lipinski definition) is 4. The van der Waals surface area contributed by atoms with E-state index in [1.54, 1.807) is 18.2 Å². The van der Waals surface area contributed by atoms with E-state index in [1.165, 1.54) is 11.0 Å². The van der Waals surface area contributed by atoms with Gasteiger partial charge in [-0.05, 0) is 49.9 Å². The van der Waals surface area contributed by atoms with Gasteiger partial charge >= 0.3 is 0 Å². The average molecular weight is 520 g/mol. The van der Waals surface area contributed by atoms with Gasteiger partial charge in [0.1, 0.15) is 12.6 Å². The fourth-order valence-corrected chi connectivity index (χ4v) is 5.57. The highest BCUT2D eigenvalue weighted by Crippen LogP contribution is 2.23. The Morgan fingerprint density at radius 1 is 1.11 bits per heavy atom. The topological polar surface area (TPSA) is 86.8 Å². The SMILES string of the molecule is CCC(C(=O)NC1CCCC1)N(Cc1cccc(C)c1)C(=O)CN(c1cccc(Cl)c1)S(C)(=O)=O. The first-order chi connectivity index (χ1) is 16.6. The summed E-state index contributed by atoms with van der Waals surface area (Å²) in [5.74, 6) is -0.653. The highest BCUT2D eigenvalue weighted by Gasteiger charge is 2.33. The van der Waals surface area contributed by atoms with Gasteiger partial charge in [0.05, 0.1) is 11.9 Å². The highest BCUT2D eigenvalue weighted by molar-refractivity contribution is 7.92. The lowest BCUT2D eigenvalue weighted by Crippen LogP contribution is -2.53. The maximum absolute atomic E-state index is 13.7. The van der Waals surface area contributed by atoms with Crippen molar-refractivity contribution < 1.29 is 18.0 Å². The molecule has 1 fully saturated rings. The number of nitrogens with one attached hydrogen (secondary N) is 1. The largest absolute Gasteiger partial charge is 0.352 e. The zero-order valence-electron chi connectivity index (χ0n) is 20.5. The third kappa shape index (κ3) is 7.45. The number of anilines is 1. The van der Waals surface area contributed by atoms with Crippen molar-refractivity contribution in [3.8, 4) is 0 Å². The Balaban J connectivity index is 1.92. The highest BCUT2D eigenvalue weighted by atomic mass is 35.5. The number of nitrogens with zero attached hydrogens (tertiary/aromatic N) is 2. The van der Waals surface area contributed by atoms with E-state index in [2.05, 4.69) is 5.32 Å². The van der Waals surface area contributed by atoms with E-state index >= 15 is 0 Å². The molecule has 2 aromatic carbocycles. The van der Waals surface area contributed by atoms with E-state index in [1.807, 2.05) is 38.1 Å². The summed E-state index contributed by atoms with van der Waals surface area (Å²) in [6, 6.07) is 13.5. The number of benzene rings is 2. The van der Waals surface area contributed by atoms with Crippen molar-refractivity contribution in [2.45, 2.75) is 64.6 Å². The van der Waals surface area contributed by atoms with Crippen LogP contribution in [0.3, 0.4) is 0 Å². The summed E-state index contributed by atoms with van der Waals surface area (Å²) in [4.78, 5) is 28.5. The molecule has 0 spiro atoms. The van der Waals surface area contributed by atoms with Crippen LogP contribution in [0.25, 0.3) is 0 Å². The molecule has 35 heavy (non-hydrogen) atoms. The van der Waals surface area contributed by atoms with Crippen molar-refractivity contribution in [3.05, 3.63) is 64.7 Å². The second-order valence-electron chi connectivity index (χ2n) is 9.17. The zero-order valence-corrected chi connectivity index (χ0v) is 22.1. The van der Waals surface area contributed by atoms with Crippen LogP contribution in [0.15, 0.2) is 48.5 Å². The zero-order chi connectivity index (χ0) is 25.6. The molecule has 2 amide bonds. The lowest BCUT2D eigenvalue weighted by Gasteiger charge is -2.33. The first kappa shape index (κ1) is 27.0. The molecule has 190 valence electrons. The van der Waals surface area contributed by atoms with Crippen molar-refractivity contribution in [1.29, 1.82) is 0 Å². The summed E-state index contributed by atoms with van der Waals surface area (Å²) >= 11 is 6.09. The van der Waals surface area contributed by atoms with E-state index in [0.29, 0.717) is 17.1 Å². The predicted octanol–water partition coefficient (Wildman–Crippen LogP) is 4.28. The molecule has 2 aromatic rings. The third-order valence-electron chi connectivity index (χ3n) is 6.30. The first-order valence-electron chi connectivity index (χ1n) is 12.0. The van der Waals surface area contributed by atoms with Gasteiger partial charge in [-0.1, -0.05) is 67.3 Å². The average Bonchev–Trinajstić information content (AvgIpc) is 3.29. The van der Waals surface area contributed by atoms with E-state index in [-0.39, 0.29) is 18.5 Å². The van der Waals surface area contributed by atoms with Crippen LogP contribution >= 0.6 is 11.6 Å². The number of rotatable bonds is 10. The maximum Gasteiger partial charge on any atom is 0.244 e. The number of sulfonamides is 1. The Morgan fingerprint density at radius 2 is 1.80 bits per heavy atom. The normalized spacial score (nSPS) is 15.0. The van der Waals surface area contributed by atoms with Gasteiger partial charge in [0.2, 0.25) is 21.8 Å². The summed E-state index contributed by atoms with van der Waals surface area (Å²) in [5.41, 5.74) is 2.21. The van der Waals surface area contributed by atoms with Gasteiger partial charge in [-0.2, -0.15) is 0 Å². The quantitative estimate of drug-likeness (QED) is 0.507. The van der Waals surface area contributed by atoms with Gasteiger partial charge in [-0.3, -0.25) is 13.9 Å². The Hall–Kier alpha value is -2.58. The Labute approximate surface area is 213 Å². The van der Waals surface area contributed by atoms with Crippen LogP contribution in [-0.4, -0.2) is 50.0 Å². The summed E-state index contributed by atoms with van der Waals surface area (Å²) in [6.45, 7) is 3.59. The molecule has 0 aliphatic heterocycles. The van der Waals surface area contributed by atoms with E-state index in [0.717, 1.165) is 47.4 Å². The summed E-state index contributed by atoms with van der Waals surface area (Å²) < 4.78 is 26.3. The molecular weight excluding hydrogens is 486 g/mol. The minimum Gasteiger partial charge on any atom is -0.352 e. The summed E-state index contributed by atoms with van der Waals surface area (Å²) in [6.07, 6.45) is 5.49. The molecule has 3 rings (SSSR count). The Kier molecular flexibility index (Phi) is 9.19. The lowest BCUT2D eigenvalue weighted by molar-refractivity contribution is -0.140. The smallest absolute Gasteiger partial charge is 0.244 e. The lowest BCUT2D eigenvalue weighted by atomic mass is 10.1. The van der Waals surface area contributed by atoms with Crippen molar-refractivity contribution in [1.82, 2.24) is 10.2 Å². The maximum atomic E-state index is 13.7. The second-order valence-corrected chi connectivity index (χ2v) is 11.5. The molecule has 7 nitrogen and oxygen atoms in total. The van der Waals surface area contributed by atoms with Gasteiger partial charge < -0.3 is 10.2 Å². The molecule has 0 bridgehead atoms. The molecule has 0 saturated heterocycles. The molecule has 1 saturated carbocycles. The fraction of sp³-hybridized carbons (Fsp3) is 0.462. The second kappa shape index (κ2) is 11.9. The number of halogens is 1. The molecular formula is C26H34ClN3O4S. The molecule has 1 N–H and O–H groups in total. The summed E-state index contributed by atoms with van der Waals surface area (Å²) in [5, 5.41) is 3.47. The fourth-order valence-electron chi connectivity index (χ4n) is 4.54.